The molecule has 1 unspecified atom stereocenters. The molecule has 10 heteroatoms. The Morgan fingerprint density at radius 2 is 1.95 bits per heavy atom. The molecule has 116 valence electrons. The molecule has 3 heterocycles. The van der Waals surface area contributed by atoms with E-state index in [-0.39, 0.29) is 13.2 Å². The van der Waals surface area contributed by atoms with E-state index in [4.69, 9.17) is 29.2 Å². The van der Waals surface area contributed by atoms with Gasteiger partial charge in [0.2, 0.25) is 0 Å². The summed E-state index contributed by atoms with van der Waals surface area (Å²) in [7, 11) is 0. The number of fused-ring (bicyclic) bond motifs is 2. The zero-order valence-corrected chi connectivity index (χ0v) is 11.5. The number of cyclic esters (lactones) is 2. The van der Waals surface area contributed by atoms with E-state index in [2.05, 4.69) is 10.0 Å². The van der Waals surface area contributed by atoms with Gasteiger partial charge in [0.25, 0.3) is 0 Å². The Bertz CT molecular complexity index is 494. The lowest BCUT2D eigenvalue weighted by Gasteiger charge is -2.47. The lowest BCUT2D eigenvalue weighted by molar-refractivity contribution is -0.299. The maximum atomic E-state index is 11.1. The topological polar surface area (TPSA) is 132 Å². The number of rotatable bonds is 1. The van der Waals surface area contributed by atoms with Crippen molar-refractivity contribution in [1.29, 1.82) is 0 Å². The summed E-state index contributed by atoms with van der Waals surface area (Å²) in [6, 6.07) is -0.968. The van der Waals surface area contributed by atoms with Crippen molar-refractivity contribution < 1.29 is 33.6 Å². The second-order valence-corrected chi connectivity index (χ2v) is 5.62. The monoisotopic (exact) mass is 301 g/mol. The molecule has 4 atom stereocenters. The molecule has 10 nitrogen and oxygen atoms in total. The number of hydrogen-bond acceptors (Lipinski definition) is 8. The Labute approximate surface area is 119 Å². The quantitative estimate of drug-likeness (QED) is 0.321. The van der Waals surface area contributed by atoms with Gasteiger partial charge < -0.3 is 28.8 Å². The molecular weight excluding hydrogens is 286 g/mol. The van der Waals surface area contributed by atoms with Crippen molar-refractivity contribution in [2.24, 2.45) is 5.11 Å². The molecule has 0 amide bonds. The molecule has 3 rings (SSSR count). The Morgan fingerprint density at radius 3 is 2.57 bits per heavy atom. The molecule has 3 fully saturated rings. The first-order valence-corrected chi connectivity index (χ1v) is 6.42. The predicted molar refractivity (Wildman–Crippen MR) is 63.9 cm³/mol. The maximum absolute atomic E-state index is 11.1. The van der Waals surface area contributed by atoms with Crippen LogP contribution in [-0.2, 0) is 23.7 Å². The minimum Gasteiger partial charge on any atom is -0.431 e. The Balaban J connectivity index is 1.94. The minimum atomic E-state index is -1.42. The van der Waals surface area contributed by atoms with Gasteiger partial charge in [0.1, 0.15) is 31.5 Å². The van der Waals surface area contributed by atoms with Gasteiger partial charge in [-0.1, -0.05) is 5.11 Å². The average molecular weight is 301 g/mol. The van der Waals surface area contributed by atoms with E-state index in [0.29, 0.717) is 0 Å². The van der Waals surface area contributed by atoms with Gasteiger partial charge in [0, 0.05) is 4.91 Å². The highest BCUT2D eigenvalue weighted by atomic mass is 16.8. The first-order chi connectivity index (χ1) is 9.87. The van der Waals surface area contributed by atoms with E-state index in [1.54, 1.807) is 13.8 Å². The standard InChI is InChI=1S/C11H15N3O7/c1-10(2)19-6-5(13-14-12)8(15)21-11(7(6)20-10)3-17-9(16)18-4-11/h5-8,15H,3-4H2,1-2H3/t5-,6+,7+,8?/m0/s1. The summed E-state index contributed by atoms with van der Waals surface area (Å²) in [5.41, 5.74) is 7.42. The van der Waals surface area contributed by atoms with E-state index in [0.717, 1.165) is 0 Å². The lowest BCUT2D eigenvalue weighted by atomic mass is 9.86. The van der Waals surface area contributed by atoms with Gasteiger partial charge in [0.05, 0.1) is 0 Å². The highest BCUT2D eigenvalue weighted by Crippen LogP contribution is 2.44. The second-order valence-electron chi connectivity index (χ2n) is 5.62. The molecule has 0 aliphatic carbocycles. The fourth-order valence-corrected chi connectivity index (χ4v) is 2.85. The molecule has 0 aromatic carbocycles. The largest absolute Gasteiger partial charge is 0.508 e. The number of azide groups is 1. The molecule has 0 radical (unpaired) electrons. The molecule has 1 N–H and O–H groups in total. The number of carbonyl (C=O) groups excluding carboxylic acids is 1. The third-order valence-electron chi connectivity index (χ3n) is 3.69. The van der Waals surface area contributed by atoms with Crippen molar-refractivity contribution in [3.8, 4) is 0 Å². The molecule has 3 saturated heterocycles. The summed E-state index contributed by atoms with van der Waals surface area (Å²) in [6.07, 6.45) is -3.68. The first-order valence-electron chi connectivity index (χ1n) is 6.42. The van der Waals surface area contributed by atoms with E-state index in [9.17, 15) is 9.90 Å². The van der Waals surface area contributed by atoms with Gasteiger partial charge in [0.15, 0.2) is 17.7 Å². The van der Waals surface area contributed by atoms with Crippen LogP contribution in [0.1, 0.15) is 13.8 Å². The molecule has 21 heavy (non-hydrogen) atoms. The molecule has 0 aromatic heterocycles. The Hall–Kier alpha value is -1.58. The van der Waals surface area contributed by atoms with Gasteiger partial charge in [-0.25, -0.2) is 4.79 Å². The molecule has 0 bridgehead atoms. The van der Waals surface area contributed by atoms with Crippen LogP contribution < -0.4 is 0 Å². The molecule has 0 saturated carbocycles. The van der Waals surface area contributed by atoms with E-state index < -0.39 is 42.1 Å². The maximum Gasteiger partial charge on any atom is 0.508 e. The van der Waals surface area contributed by atoms with Crippen molar-refractivity contribution in [1.82, 2.24) is 0 Å². The SMILES string of the molecule is CC1(C)O[C@@H]2[C@H](N=[N+]=[N-])C(O)OC3(COC(=O)OC3)[C@@H]2O1. The summed E-state index contributed by atoms with van der Waals surface area (Å²) in [4.78, 5) is 13.8. The lowest BCUT2D eigenvalue weighted by Crippen LogP contribution is -2.67. The number of hydrogen-bond donors (Lipinski definition) is 1. The van der Waals surface area contributed by atoms with Crippen LogP contribution in [0.2, 0.25) is 0 Å². The molecule has 3 aliphatic rings. The summed E-state index contributed by atoms with van der Waals surface area (Å²) in [5, 5.41) is 13.6. The van der Waals surface area contributed by atoms with Gasteiger partial charge in [-0.05, 0) is 19.4 Å². The Kier molecular flexibility index (Phi) is 3.23. The van der Waals surface area contributed by atoms with Crippen LogP contribution in [0.15, 0.2) is 5.11 Å². The molecule has 0 aromatic rings. The van der Waals surface area contributed by atoms with Crippen LogP contribution in [-0.4, -0.2) is 60.4 Å². The zero-order valence-electron chi connectivity index (χ0n) is 11.5. The predicted octanol–water partition coefficient (Wildman–Crippen LogP) is 0.440. The van der Waals surface area contributed by atoms with Gasteiger partial charge in [-0.2, -0.15) is 0 Å². The van der Waals surface area contributed by atoms with E-state index in [1.807, 2.05) is 0 Å². The normalized spacial score (nSPS) is 39.9. The van der Waals surface area contributed by atoms with E-state index >= 15 is 0 Å². The fraction of sp³-hybridized carbons (Fsp3) is 0.909. The number of aliphatic hydroxyl groups excluding tert-OH is 1. The van der Waals surface area contributed by atoms with Crippen molar-refractivity contribution >= 4 is 6.16 Å². The highest BCUT2D eigenvalue weighted by molar-refractivity contribution is 5.61. The van der Waals surface area contributed by atoms with E-state index in [1.165, 1.54) is 0 Å². The van der Waals surface area contributed by atoms with Crippen LogP contribution >= 0.6 is 0 Å². The molecule has 1 spiro atoms. The summed E-state index contributed by atoms with van der Waals surface area (Å²) in [6.45, 7) is 3.08. The van der Waals surface area contributed by atoms with Crippen molar-refractivity contribution in [3.05, 3.63) is 10.4 Å². The number of ether oxygens (including phenoxy) is 5. The average Bonchev–Trinajstić information content (AvgIpc) is 2.74. The first kappa shape index (κ1) is 14.4. The Morgan fingerprint density at radius 1 is 1.29 bits per heavy atom. The van der Waals surface area contributed by atoms with Gasteiger partial charge in [-0.3, -0.25) is 0 Å². The molecule has 3 aliphatic heterocycles. The van der Waals surface area contributed by atoms with Crippen LogP contribution in [0.3, 0.4) is 0 Å². The number of aliphatic hydroxyl groups is 1. The van der Waals surface area contributed by atoms with Gasteiger partial charge >= 0.3 is 6.16 Å². The smallest absolute Gasteiger partial charge is 0.431 e. The summed E-state index contributed by atoms with van der Waals surface area (Å²) < 4.78 is 26.7. The highest BCUT2D eigenvalue weighted by Gasteiger charge is 2.63. The van der Waals surface area contributed by atoms with Crippen molar-refractivity contribution in [3.63, 3.8) is 0 Å². The second kappa shape index (κ2) is 4.72. The van der Waals surface area contributed by atoms with Gasteiger partial charge in [-0.15, -0.1) is 0 Å². The summed E-state index contributed by atoms with van der Waals surface area (Å²) in [5.74, 6) is -0.958. The van der Waals surface area contributed by atoms with Crippen LogP contribution in [0.25, 0.3) is 10.4 Å². The zero-order chi connectivity index (χ0) is 15.3. The summed E-state index contributed by atoms with van der Waals surface area (Å²) >= 11 is 0. The third-order valence-corrected chi connectivity index (χ3v) is 3.69. The number of carbonyl (C=O) groups is 1. The minimum absolute atomic E-state index is 0.146. The van der Waals surface area contributed by atoms with Crippen LogP contribution in [0.4, 0.5) is 4.79 Å². The molecular formula is C11H15N3O7. The van der Waals surface area contributed by atoms with Crippen LogP contribution in [0.5, 0.6) is 0 Å². The van der Waals surface area contributed by atoms with Crippen LogP contribution in [0, 0.1) is 0 Å². The fourth-order valence-electron chi connectivity index (χ4n) is 2.85. The van der Waals surface area contributed by atoms with Crippen molar-refractivity contribution in [2.45, 2.75) is 49.8 Å². The number of nitrogens with zero attached hydrogens (tertiary/aromatic N) is 3. The third kappa shape index (κ3) is 2.30. The van der Waals surface area contributed by atoms with Crippen molar-refractivity contribution in [2.75, 3.05) is 13.2 Å².